The van der Waals surface area contributed by atoms with Crippen LogP contribution in [0.3, 0.4) is 0 Å². The first-order valence-corrected chi connectivity index (χ1v) is 7.08. The van der Waals surface area contributed by atoms with Gasteiger partial charge in [-0.15, -0.1) is 0 Å². The lowest BCUT2D eigenvalue weighted by Crippen LogP contribution is -2.28. The van der Waals surface area contributed by atoms with E-state index in [4.69, 9.17) is 10.2 Å². The van der Waals surface area contributed by atoms with Gasteiger partial charge in [0.2, 0.25) is 11.8 Å². The maximum absolute atomic E-state index is 11.9. The number of hydrogen-bond donors (Lipinski definition) is 4. The third kappa shape index (κ3) is 3.86. The Morgan fingerprint density at radius 3 is 2.39 bits per heavy atom. The number of amides is 3. The molecule has 4 N–H and O–H groups in total. The molecule has 3 amide bonds. The van der Waals surface area contributed by atoms with Crippen LogP contribution in [0.25, 0.3) is 0 Å². The number of benzene rings is 1. The van der Waals surface area contributed by atoms with Crippen molar-refractivity contribution in [3.8, 4) is 0 Å². The summed E-state index contributed by atoms with van der Waals surface area (Å²) in [6.07, 6.45) is -0.349. The molecule has 23 heavy (non-hydrogen) atoms. The molecule has 0 bridgehead atoms. The van der Waals surface area contributed by atoms with Crippen molar-refractivity contribution >= 4 is 46.4 Å². The maximum Gasteiger partial charge on any atom is 0.337 e. The SMILES string of the molecule is O=C(C[C@@H]1SC(=O)NC1=O)Nc1cc(C(=O)O)ccc1C(=O)O. The van der Waals surface area contributed by atoms with Crippen LogP contribution in [-0.4, -0.2) is 44.5 Å². The van der Waals surface area contributed by atoms with Crippen LogP contribution in [-0.2, 0) is 9.59 Å². The van der Waals surface area contributed by atoms with Crippen molar-refractivity contribution in [3.05, 3.63) is 29.3 Å². The molecule has 10 heteroatoms. The van der Waals surface area contributed by atoms with Crippen LogP contribution in [0, 0.1) is 0 Å². The summed E-state index contributed by atoms with van der Waals surface area (Å²) in [5.74, 6) is -3.94. The number of carboxylic acids is 2. The maximum atomic E-state index is 11.9. The van der Waals surface area contributed by atoms with Gasteiger partial charge in [-0.1, -0.05) is 11.8 Å². The van der Waals surface area contributed by atoms with Gasteiger partial charge in [0.15, 0.2) is 0 Å². The Kier molecular flexibility index (Phi) is 4.65. The van der Waals surface area contributed by atoms with Gasteiger partial charge in [-0.25, -0.2) is 9.59 Å². The third-order valence-electron chi connectivity index (χ3n) is 2.91. The lowest BCUT2D eigenvalue weighted by molar-refractivity contribution is -0.122. The molecule has 0 radical (unpaired) electrons. The topological polar surface area (TPSA) is 150 Å². The Balaban J connectivity index is 2.17. The molecule has 1 saturated heterocycles. The number of nitrogens with one attached hydrogen (secondary N) is 2. The molecule has 0 spiro atoms. The molecule has 9 nitrogen and oxygen atoms in total. The molecule has 1 atom stereocenters. The number of anilines is 1. The summed E-state index contributed by atoms with van der Waals surface area (Å²) in [6, 6.07) is 3.17. The Bertz CT molecular complexity index is 731. The number of imide groups is 1. The molecule has 0 aliphatic carbocycles. The van der Waals surface area contributed by atoms with E-state index < -0.39 is 34.2 Å². The summed E-state index contributed by atoms with van der Waals surface area (Å²) in [6.45, 7) is 0. The summed E-state index contributed by atoms with van der Waals surface area (Å²) in [5.41, 5.74) is -0.687. The number of hydrogen-bond acceptors (Lipinski definition) is 6. The van der Waals surface area contributed by atoms with Crippen molar-refractivity contribution in [1.82, 2.24) is 5.32 Å². The molecule has 0 unspecified atom stereocenters. The van der Waals surface area contributed by atoms with Gasteiger partial charge in [0.05, 0.1) is 16.8 Å². The van der Waals surface area contributed by atoms with Crippen molar-refractivity contribution in [3.63, 3.8) is 0 Å². The van der Waals surface area contributed by atoms with E-state index in [1.165, 1.54) is 0 Å². The van der Waals surface area contributed by atoms with Gasteiger partial charge in [-0.05, 0) is 18.2 Å². The number of thioether (sulfide) groups is 1. The van der Waals surface area contributed by atoms with Crippen molar-refractivity contribution in [2.75, 3.05) is 5.32 Å². The molecule has 1 fully saturated rings. The summed E-state index contributed by atoms with van der Waals surface area (Å²) in [4.78, 5) is 56.4. The summed E-state index contributed by atoms with van der Waals surface area (Å²) >= 11 is 0.660. The zero-order valence-electron chi connectivity index (χ0n) is 11.4. The first kappa shape index (κ1) is 16.5. The number of aromatic carboxylic acids is 2. The lowest BCUT2D eigenvalue weighted by Gasteiger charge is -2.10. The van der Waals surface area contributed by atoms with E-state index >= 15 is 0 Å². The van der Waals surface area contributed by atoms with Crippen LogP contribution in [0.4, 0.5) is 10.5 Å². The molecule has 1 aromatic carbocycles. The second-order valence-electron chi connectivity index (χ2n) is 4.51. The van der Waals surface area contributed by atoms with Crippen LogP contribution >= 0.6 is 11.8 Å². The Hall–Kier alpha value is -2.88. The number of carbonyl (C=O) groups is 5. The van der Waals surface area contributed by atoms with E-state index in [2.05, 4.69) is 5.32 Å². The van der Waals surface area contributed by atoms with Gasteiger partial charge in [-0.3, -0.25) is 19.7 Å². The highest BCUT2D eigenvalue weighted by atomic mass is 32.2. The Labute approximate surface area is 133 Å². The van der Waals surface area contributed by atoms with Crippen molar-refractivity contribution < 1.29 is 34.2 Å². The third-order valence-corrected chi connectivity index (χ3v) is 3.89. The predicted molar refractivity (Wildman–Crippen MR) is 78.5 cm³/mol. The normalized spacial score (nSPS) is 16.8. The monoisotopic (exact) mass is 338 g/mol. The van der Waals surface area contributed by atoms with Crippen LogP contribution in [0.1, 0.15) is 27.1 Å². The first-order valence-electron chi connectivity index (χ1n) is 6.20. The number of carboxylic acid groups (broad SMARTS) is 2. The van der Waals surface area contributed by atoms with Crippen LogP contribution < -0.4 is 10.6 Å². The second kappa shape index (κ2) is 6.48. The van der Waals surface area contributed by atoms with E-state index in [-0.39, 0.29) is 23.2 Å². The minimum atomic E-state index is -1.35. The standard InChI is InChI=1S/C13H10N2O7S/c16-9(4-8-10(17)15-13(22)23-8)14-7-3-5(11(18)19)1-2-6(7)12(20)21/h1-3,8H,4H2,(H,14,16)(H,18,19)(H,20,21)(H,15,17,22)/t8-/m0/s1. The molecule has 1 aromatic rings. The van der Waals surface area contributed by atoms with Crippen LogP contribution in [0.5, 0.6) is 0 Å². The van der Waals surface area contributed by atoms with Gasteiger partial charge < -0.3 is 15.5 Å². The second-order valence-corrected chi connectivity index (χ2v) is 5.68. The van der Waals surface area contributed by atoms with Gasteiger partial charge >= 0.3 is 11.9 Å². The highest BCUT2D eigenvalue weighted by molar-refractivity contribution is 8.15. The highest BCUT2D eigenvalue weighted by Crippen LogP contribution is 2.24. The minimum absolute atomic E-state index is 0.197. The molecular formula is C13H10N2O7S. The molecule has 1 aliphatic rings. The molecule has 1 heterocycles. The van der Waals surface area contributed by atoms with Gasteiger partial charge in [-0.2, -0.15) is 0 Å². The Morgan fingerprint density at radius 2 is 1.87 bits per heavy atom. The van der Waals surface area contributed by atoms with Crippen LogP contribution in [0.15, 0.2) is 18.2 Å². The largest absolute Gasteiger partial charge is 0.478 e. The van der Waals surface area contributed by atoms with Crippen LogP contribution in [0.2, 0.25) is 0 Å². The molecule has 1 aliphatic heterocycles. The molecule has 120 valence electrons. The van der Waals surface area contributed by atoms with E-state index in [0.29, 0.717) is 11.8 Å². The van der Waals surface area contributed by atoms with Gasteiger partial charge in [0.1, 0.15) is 5.25 Å². The summed E-state index contributed by atoms with van der Waals surface area (Å²) in [5, 5.41) is 20.8. The fourth-order valence-corrected chi connectivity index (χ4v) is 2.68. The molecule has 2 rings (SSSR count). The zero-order valence-corrected chi connectivity index (χ0v) is 12.2. The van der Waals surface area contributed by atoms with Crippen molar-refractivity contribution in [2.45, 2.75) is 11.7 Å². The smallest absolute Gasteiger partial charge is 0.337 e. The summed E-state index contributed by atoms with van der Waals surface area (Å²) in [7, 11) is 0. The fourth-order valence-electron chi connectivity index (χ4n) is 1.86. The molecule has 0 aromatic heterocycles. The van der Waals surface area contributed by atoms with E-state index in [0.717, 1.165) is 18.2 Å². The zero-order chi connectivity index (χ0) is 17.1. The van der Waals surface area contributed by atoms with Crippen molar-refractivity contribution in [2.24, 2.45) is 0 Å². The van der Waals surface area contributed by atoms with Gasteiger partial charge in [0, 0.05) is 6.42 Å². The molecule has 0 saturated carbocycles. The lowest BCUT2D eigenvalue weighted by atomic mass is 10.1. The van der Waals surface area contributed by atoms with E-state index in [9.17, 15) is 24.0 Å². The Morgan fingerprint density at radius 1 is 1.17 bits per heavy atom. The predicted octanol–water partition coefficient (Wildman–Crippen LogP) is 0.763. The summed E-state index contributed by atoms with van der Waals surface area (Å²) < 4.78 is 0. The highest BCUT2D eigenvalue weighted by Gasteiger charge is 2.33. The average molecular weight is 338 g/mol. The van der Waals surface area contributed by atoms with Gasteiger partial charge in [0.25, 0.3) is 5.24 Å². The number of rotatable bonds is 5. The van der Waals surface area contributed by atoms with Crippen molar-refractivity contribution in [1.29, 1.82) is 0 Å². The fraction of sp³-hybridized carbons (Fsp3) is 0.154. The minimum Gasteiger partial charge on any atom is -0.478 e. The van der Waals surface area contributed by atoms with E-state index in [1.54, 1.807) is 0 Å². The first-order chi connectivity index (χ1) is 10.8. The van der Waals surface area contributed by atoms with E-state index in [1.807, 2.05) is 5.32 Å². The quantitative estimate of drug-likeness (QED) is 0.614. The number of carbonyl (C=O) groups excluding carboxylic acids is 3. The molecular weight excluding hydrogens is 328 g/mol. The average Bonchev–Trinajstić information content (AvgIpc) is 2.76.